The van der Waals surface area contributed by atoms with Gasteiger partial charge < -0.3 is 24.8 Å². The zero-order chi connectivity index (χ0) is 22.9. The van der Waals surface area contributed by atoms with Gasteiger partial charge >= 0.3 is 205 Å². The third kappa shape index (κ3) is 6.79. The van der Waals surface area contributed by atoms with Crippen LogP contribution in [0.4, 0.5) is 0 Å². The average Bonchev–Trinajstić information content (AvgIpc) is 3.43. The van der Waals surface area contributed by atoms with E-state index >= 15 is 0 Å². The van der Waals surface area contributed by atoms with E-state index in [1.54, 1.807) is 19.9 Å². The molecule has 4 rings (SSSR count). The molecule has 0 unspecified atom stereocenters. The second kappa shape index (κ2) is 12.1. The van der Waals surface area contributed by atoms with Crippen molar-refractivity contribution in [3.05, 3.63) is 103 Å². The topological polar surface area (TPSA) is 0 Å². The van der Waals surface area contributed by atoms with Gasteiger partial charge in [-0.25, -0.2) is 0 Å². The van der Waals surface area contributed by atoms with Crippen LogP contribution < -0.4 is 33.6 Å². The van der Waals surface area contributed by atoms with E-state index in [4.69, 9.17) is 0 Å². The number of hydrogen-bond donors (Lipinski definition) is 0. The third-order valence-corrected chi connectivity index (χ3v) is 38.0. The SMILES string of the molecule is CC(C)(C)C1=CC[C]([Zr+2]([C]2=CC(C(C)(C)C)=CC2)=[Ge]([c]2ccccc2)[c]2ccccc2)=C1.[Cl-].[Cl-]. The van der Waals surface area contributed by atoms with Crippen molar-refractivity contribution in [2.75, 3.05) is 0 Å². The summed E-state index contributed by atoms with van der Waals surface area (Å²) in [5.74, 6) is 0. The number of benzene rings is 2. The van der Waals surface area contributed by atoms with E-state index in [2.05, 4.69) is 127 Å². The maximum Gasteiger partial charge on any atom is -1.00 e. The number of allylic oxidation sites excluding steroid dienone is 8. The minimum absolute atomic E-state index is 0. The molecule has 0 amide bonds. The second-order valence-electron chi connectivity index (χ2n) is 11.0. The number of halogens is 2. The van der Waals surface area contributed by atoms with E-state index in [1.165, 1.54) is 12.8 Å². The van der Waals surface area contributed by atoms with Crippen LogP contribution in [0.25, 0.3) is 0 Å². The molecule has 4 heteroatoms. The predicted octanol–water partition coefficient (Wildman–Crippen LogP) is 0.939. The van der Waals surface area contributed by atoms with Crippen molar-refractivity contribution in [1.82, 2.24) is 0 Å². The summed E-state index contributed by atoms with van der Waals surface area (Å²) in [5, 5.41) is 0. The van der Waals surface area contributed by atoms with Crippen molar-refractivity contribution >= 4 is 18.8 Å². The van der Waals surface area contributed by atoms with Gasteiger partial charge in [0.15, 0.2) is 0 Å². The molecule has 2 aromatic rings. The van der Waals surface area contributed by atoms with Gasteiger partial charge in [-0.05, 0) is 0 Å². The molecular formula is C30H36Cl2GeZr. The van der Waals surface area contributed by atoms with Gasteiger partial charge in [-0.3, -0.25) is 0 Å². The zero-order valence-electron chi connectivity index (χ0n) is 21.3. The molecular weight excluding hydrogens is 595 g/mol. The fraction of sp³-hybridized carbons (Fsp3) is 0.333. The minimum Gasteiger partial charge on any atom is -1.00 e. The molecule has 0 saturated carbocycles. The Morgan fingerprint density at radius 3 is 1.24 bits per heavy atom. The van der Waals surface area contributed by atoms with Crippen LogP contribution in [0.3, 0.4) is 0 Å². The Balaban J connectivity index is 0.00000204. The molecule has 0 spiro atoms. The normalized spacial score (nSPS) is 15.1. The summed E-state index contributed by atoms with van der Waals surface area (Å²) < 4.78 is 6.97. The molecule has 0 heterocycles. The molecule has 2 aromatic carbocycles. The van der Waals surface area contributed by atoms with Crippen molar-refractivity contribution in [2.45, 2.75) is 54.4 Å². The second-order valence-corrected chi connectivity index (χ2v) is 32.6. The first kappa shape index (κ1) is 29.6. The van der Waals surface area contributed by atoms with Gasteiger partial charge in [0.25, 0.3) is 0 Å². The summed E-state index contributed by atoms with van der Waals surface area (Å²) in [6, 6.07) is 23.1. The van der Waals surface area contributed by atoms with Crippen molar-refractivity contribution in [3.8, 4) is 0 Å². The Kier molecular flexibility index (Phi) is 10.5. The molecule has 34 heavy (non-hydrogen) atoms. The Morgan fingerprint density at radius 2 is 0.941 bits per heavy atom. The summed E-state index contributed by atoms with van der Waals surface area (Å²) in [5.41, 5.74) is 3.56. The van der Waals surface area contributed by atoms with Crippen molar-refractivity contribution < 1.29 is 43.4 Å². The summed E-state index contributed by atoms with van der Waals surface area (Å²) in [4.78, 5) is 0. The summed E-state index contributed by atoms with van der Waals surface area (Å²) in [6.07, 6.45) is 12.7. The first-order valence-electron chi connectivity index (χ1n) is 11.8. The largest absolute Gasteiger partial charge is 1.00 e. The van der Waals surface area contributed by atoms with Crippen molar-refractivity contribution in [1.29, 1.82) is 0 Å². The van der Waals surface area contributed by atoms with Crippen LogP contribution in [0, 0.1) is 10.8 Å². The monoisotopic (exact) mass is 630 g/mol. The molecule has 2 aliphatic rings. The Hall–Kier alpha value is -0.594. The minimum atomic E-state index is -2.12. The van der Waals surface area contributed by atoms with Gasteiger partial charge in [0.05, 0.1) is 0 Å². The molecule has 0 aliphatic heterocycles. The van der Waals surface area contributed by atoms with E-state index in [0.717, 1.165) is 0 Å². The fourth-order valence-electron chi connectivity index (χ4n) is 4.64. The summed E-state index contributed by atoms with van der Waals surface area (Å²) >= 11 is -2.12. The van der Waals surface area contributed by atoms with Crippen LogP contribution in [-0.4, -0.2) is 9.98 Å². The van der Waals surface area contributed by atoms with Gasteiger partial charge in [-0.2, -0.15) is 0 Å². The molecule has 0 N–H and O–H groups in total. The first-order chi connectivity index (χ1) is 15.1. The maximum absolute atomic E-state index is 2.64. The van der Waals surface area contributed by atoms with E-state index in [9.17, 15) is 0 Å². The fourth-order valence-corrected chi connectivity index (χ4v) is 38.3. The Morgan fingerprint density at radius 1 is 0.588 bits per heavy atom. The molecule has 0 atom stereocenters. The molecule has 0 aromatic heterocycles. The van der Waals surface area contributed by atoms with Crippen molar-refractivity contribution in [3.63, 3.8) is 0 Å². The van der Waals surface area contributed by atoms with Gasteiger partial charge in [0, 0.05) is 0 Å². The van der Waals surface area contributed by atoms with Crippen LogP contribution >= 0.6 is 0 Å². The van der Waals surface area contributed by atoms with Gasteiger partial charge in [-0.15, -0.1) is 0 Å². The zero-order valence-corrected chi connectivity index (χ0v) is 27.3. The van der Waals surface area contributed by atoms with Crippen LogP contribution in [0.15, 0.2) is 103 Å². The van der Waals surface area contributed by atoms with Gasteiger partial charge in [-0.1, -0.05) is 0 Å². The molecule has 0 radical (unpaired) electrons. The van der Waals surface area contributed by atoms with Crippen LogP contribution in [0.2, 0.25) is 0 Å². The average molecular weight is 631 g/mol. The third-order valence-electron chi connectivity index (χ3n) is 6.49. The smallest absolute Gasteiger partial charge is 1.00 e. The molecule has 0 fully saturated rings. The van der Waals surface area contributed by atoms with Gasteiger partial charge in [0.1, 0.15) is 0 Å². The molecule has 2 aliphatic carbocycles. The standard InChI is InChI=1S/C12H10Ge.2C9H13.2ClH.Zr/c1-3-7-11(8-4-1)13-12-9-5-2-6-10-12;2*1-9(2,3)8-6-4-5-7-8;;;/h1-10H;2*6-7H,4H2,1-3H3;2*1H;/q;;;;;+2/p-2. The van der Waals surface area contributed by atoms with Crippen LogP contribution in [-0.2, 0) is 18.6 Å². The summed E-state index contributed by atoms with van der Waals surface area (Å²) in [6.45, 7) is 14.2. The van der Waals surface area contributed by atoms with E-state index in [1.807, 2.05) is 6.56 Å². The molecule has 178 valence electrons. The van der Waals surface area contributed by atoms with E-state index in [0.29, 0.717) is 0 Å². The van der Waals surface area contributed by atoms with E-state index < -0.39 is 28.6 Å². The molecule has 0 saturated heterocycles. The molecule has 0 bridgehead atoms. The molecule has 0 nitrogen and oxygen atoms in total. The predicted molar refractivity (Wildman–Crippen MR) is 138 cm³/mol. The maximum atomic E-state index is 2.64. The van der Waals surface area contributed by atoms with Gasteiger partial charge in [0.2, 0.25) is 0 Å². The van der Waals surface area contributed by atoms with Crippen LogP contribution in [0.5, 0.6) is 0 Å². The van der Waals surface area contributed by atoms with Crippen LogP contribution in [0.1, 0.15) is 54.4 Å². The number of rotatable bonds is 4. The Labute approximate surface area is 228 Å². The van der Waals surface area contributed by atoms with Crippen molar-refractivity contribution in [2.24, 2.45) is 10.8 Å². The first-order valence-corrected chi connectivity index (χ1v) is 23.8. The Bertz CT molecular complexity index is 1060. The number of hydrogen-bond acceptors (Lipinski definition) is 0. The quantitative estimate of drug-likeness (QED) is 0.442. The summed E-state index contributed by atoms with van der Waals surface area (Å²) in [7, 11) is -1.71. The van der Waals surface area contributed by atoms with E-state index in [-0.39, 0.29) is 35.6 Å².